The van der Waals surface area contributed by atoms with E-state index < -0.39 is 0 Å². The van der Waals surface area contributed by atoms with Crippen molar-refractivity contribution >= 4 is 10.9 Å². The van der Waals surface area contributed by atoms with E-state index in [0.29, 0.717) is 22.8 Å². The van der Waals surface area contributed by atoms with Gasteiger partial charge in [0.05, 0.1) is 24.0 Å². The van der Waals surface area contributed by atoms with E-state index in [9.17, 15) is 5.11 Å². The maximum Gasteiger partial charge on any atom is 0.158 e. The van der Waals surface area contributed by atoms with E-state index in [2.05, 4.69) is 40.2 Å². The number of nitrogens with zero attached hydrogens (tertiary/aromatic N) is 4. The highest BCUT2D eigenvalue weighted by atomic mass is 16.3. The molecule has 0 saturated heterocycles. The van der Waals surface area contributed by atoms with E-state index in [1.165, 1.54) is 24.8 Å². The van der Waals surface area contributed by atoms with E-state index in [4.69, 9.17) is 0 Å². The molecule has 0 unspecified atom stereocenters. The third-order valence-electron chi connectivity index (χ3n) is 4.98. The smallest absolute Gasteiger partial charge is 0.158 e. The van der Waals surface area contributed by atoms with Crippen molar-refractivity contribution in [2.75, 3.05) is 0 Å². The zero-order valence-electron chi connectivity index (χ0n) is 13.5. The van der Waals surface area contributed by atoms with Crippen LogP contribution in [0, 0.1) is 6.92 Å². The minimum absolute atomic E-state index is 0.0983. The minimum atomic E-state index is -0.0983. The molecule has 118 valence electrons. The summed E-state index contributed by atoms with van der Waals surface area (Å²) in [4.78, 5) is 8.70. The monoisotopic (exact) mass is 308 g/mol. The fourth-order valence-electron chi connectivity index (χ4n) is 3.37. The Morgan fingerprint density at radius 1 is 1.22 bits per heavy atom. The first-order chi connectivity index (χ1) is 11.1. The molecule has 23 heavy (non-hydrogen) atoms. The van der Waals surface area contributed by atoms with Crippen molar-refractivity contribution in [2.24, 2.45) is 0 Å². The average Bonchev–Trinajstić information content (AvgIpc) is 2.95. The molecule has 0 aliphatic heterocycles. The van der Waals surface area contributed by atoms with Crippen LogP contribution in [-0.4, -0.2) is 24.9 Å². The van der Waals surface area contributed by atoms with Crippen molar-refractivity contribution in [2.45, 2.75) is 45.1 Å². The number of fused-ring (bicyclic) bond motifs is 1. The number of aliphatic hydroxyl groups excluding tert-OH is 1. The summed E-state index contributed by atoms with van der Waals surface area (Å²) in [5, 5.41) is 15.0. The van der Waals surface area contributed by atoms with Gasteiger partial charge < -0.3 is 5.11 Å². The third-order valence-corrected chi connectivity index (χ3v) is 4.98. The van der Waals surface area contributed by atoms with Gasteiger partial charge in [-0.15, -0.1) is 0 Å². The molecule has 1 fully saturated rings. The van der Waals surface area contributed by atoms with Crippen LogP contribution in [0.15, 0.2) is 30.5 Å². The number of aromatic nitrogens is 4. The van der Waals surface area contributed by atoms with Crippen molar-refractivity contribution in [1.82, 2.24) is 19.7 Å². The summed E-state index contributed by atoms with van der Waals surface area (Å²) < 4.78 is 1.84. The van der Waals surface area contributed by atoms with Gasteiger partial charge >= 0.3 is 0 Å². The van der Waals surface area contributed by atoms with Gasteiger partial charge in [0.25, 0.3) is 0 Å². The fraction of sp³-hybridized carbons (Fsp3) is 0.389. The Morgan fingerprint density at radius 2 is 2.04 bits per heavy atom. The quantitative estimate of drug-likeness (QED) is 0.807. The Balaban J connectivity index is 1.87. The summed E-state index contributed by atoms with van der Waals surface area (Å²) >= 11 is 0. The fourth-order valence-corrected chi connectivity index (χ4v) is 3.37. The first-order valence-corrected chi connectivity index (χ1v) is 8.03. The van der Waals surface area contributed by atoms with Gasteiger partial charge in [-0.25, -0.2) is 14.6 Å². The zero-order chi connectivity index (χ0) is 16.0. The number of hydrogen-bond acceptors (Lipinski definition) is 4. The van der Waals surface area contributed by atoms with Gasteiger partial charge in [0.2, 0.25) is 0 Å². The van der Waals surface area contributed by atoms with Crippen LogP contribution in [0.1, 0.15) is 43.3 Å². The first-order valence-electron chi connectivity index (χ1n) is 8.03. The third kappa shape index (κ3) is 2.32. The Labute approximate surface area is 135 Å². The van der Waals surface area contributed by atoms with E-state index in [1.807, 2.05) is 17.8 Å². The van der Waals surface area contributed by atoms with E-state index >= 15 is 0 Å². The Bertz CT molecular complexity index is 880. The molecule has 1 saturated carbocycles. The second-order valence-electron chi connectivity index (χ2n) is 6.67. The molecule has 0 spiro atoms. The summed E-state index contributed by atoms with van der Waals surface area (Å²) in [5.41, 5.74) is 3.32. The van der Waals surface area contributed by atoms with Crippen molar-refractivity contribution in [3.8, 4) is 5.82 Å². The van der Waals surface area contributed by atoms with Gasteiger partial charge in [0.15, 0.2) is 5.82 Å². The Morgan fingerprint density at radius 3 is 2.74 bits per heavy atom. The van der Waals surface area contributed by atoms with Gasteiger partial charge in [-0.05, 0) is 36.8 Å². The summed E-state index contributed by atoms with van der Waals surface area (Å²) in [5.74, 6) is 1.34. The van der Waals surface area contributed by atoms with Crippen LogP contribution in [-0.2, 0) is 12.0 Å². The van der Waals surface area contributed by atoms with E-state index in [-0.39, 0.29) is 6.61 Å². The van der Waals surface area contributed by atoms with Gasteiger partial charge in [0.1, 0.15) is 5.82 Å². The highest BCUT2D eigenvalue weighted by Gasteiger charge is 2.33. The molecule has 0 amide bonds. The molecule has 1 aliphatic carbocycles. The number of aryl methyl sites for hydroxylation is 1. The van der Waals surface area contributed by atoms with Crippen LogP contribution < -0.4 is 0 Å². The molecule has 0 atom stereocenters. The number of aliphatic hydroxyl groups is 1. The van der Waals surface area contributed by atoms with Gasteiger partial charge in [0, 0.05) is 11.5 Å². The lowest BCUT2D eigenvalue weighted by Gasteiger charge is -2.39. The lowest BCUT2D eigenvalue weighted by Crippen LogP contribution is -2.30. The molecule has 1 N–H and O–H groups in total. The number of benzene rings is 1. The second kappa shape index (κ2) is 5.13. The van der Waals surface area contributed by atoms with Gasteiger partial charge in [-0.1, -0.05) is 25.5 Å². The molecule has 2 heterocycles. The van der Waals surface area contributed by atoms with Crippen LogP contribution >= 0.6 is 0 Å². The Kier molecular flexibility index (Phi) is 3.20. The summed E-state index contributed by atoms with van der Waals surface area (Å²) in [6.07, 6.45) is 5.65. The lowest BCUT2D eigenvalue weighted by molar-refractivity contribution is 0.272. The van der Waals surface area contributed by atoms with Crippen LogP contribution in [0.4, 0.5) is 0 Å². The van der Waals surface area contributed by atoms with Crippen LogP contribution in [0.3, 0.4) is 0 Å². The van der Waals surface area contributed by atoms with Crippen molar-refractivity contribution < 1.29 is 5.11 Å². The molecule has 3 aromatic rings. The Hall–Kier alpha value is -2.27. The molecule has 0 radical (unpaired) electrons. The van der Waals surface area contributed by atoms with Gasteiger partial charge in [-0.2, -0.15) is 5.10 Å². The minimum Gasteiger partial charge on any atom is -0.390 e. The normalized spacial score (nSPS) is 16.5. The maximum absolute atomic E-state index is 9.37. The van der Waals surface area contributed by atoms with E-state index in [0.717, 1.165) is 10.9 Å². The van der Waals surface area contributed by atoms with Crippen molar-refractivity contribution in [1.29, 1.82) is 0 Å². The van der Waals surface area contributed by atoms with Crippen molar-refractivity contribution in [3.63, 3.8) is 0 Å². The van der Waals surface area contributed by atoms with Crippen LogP contribution in [0.5, 0.6) is 0 Å². The SMILES string of the molecule is Cc1nc(CO)cc(-n2ncc3ccc(C4(C)CCC4)cc32)n1. The summed E-state index contributed by atoms with van der Waals surface area (Å²) in [6, 6.07) is 8.38. The largest absolute Gasteiger partial charge is 0.390 e. The van der Waals surface area contributed by atoms with Crippen LogP contribution in [0.2, 0.25) is 0 Å². The summed E-state index contributed by atoms with van der Waals surface area (Å²) in [6.45, 7) is 4.06. The average molecular weight is 308 g/mol. The molecule has 2 aromatic heterocycles. The molecule has 5 nitrogen and oxygen atoms in total. The van der Waals surface area contributed by atoms with Crippen LogP contribution in [0.25, 0.3) is 16.7 Å². The highest BCUT2D eigenvalue weighted by molar-refractivity contribution is 5.81. The number of rotatable bonds is 3. The molecular weight excluding hydrogens is 288 g/mol. The number of hydrogen-bond donors (Lipinski definition) is 1. The maximum atomic E-state index is 9.37. The molecular formula is C18H20N4O. The standard InChI is InChI=1S/C18H20N4O/c1-12-20-15(11-23)9-17(21-12)22-16-8-14(18(2)6-3-7-18)5-4-13(16)10-19-22/h4-5,8-10,23H,3,6-7,11H2,1-2H3. The topological polar surface area (TPSA) is 63.8 Å². The van der Waals surface area contributed by atoms with Gasteiger partial charge in [-0.3, -0.25) is 0 Å². The van der Waals surface area contributed by atoms with E-state index in [1.54, 1.807) is 6.07 Å². The predicted octanol–water partition coefficient (Wildman–Crippen LogP) is 3.06. The lowest BCUT2D eigenvalue weighted by atomic mass is 9.66. The predicted molar refractivity (Wildman–Crippen MR) is 88.5 cm³/mol. The van der Waals surface area contributed by atoms with Crippen molar-refractivity contribution in [3.05, 3.63) is 47.5 Å². The summed E-state index contributed by atoms with van der Waals surface area (Å²) in [7, 11) is 0. The second-order valence-corrected chi connectivity index (χ2v) is 6.67. The molecule has 5 heteroatoms. The highest BCUT2D eigenvalue weighted by Crippen LogP contribution is 2.43. The molecule has 4 rings (SSSR count). The zero-order valence-corrected chi connectivity index (χ0v) is 13.5. The molecule has 1 aromatic carbocycles. The first kappa shape index (κ1) is 14.3. The molecule has 1 aliphatic rings. The molecule has 0 bridgehead atoms.